The molecule has 4 heteroatoms. The van der Waals surface area contributed by atoms with Gasteiger partial charge < -0.3 is 10.4 Å². The van der Waals surface area contributed by atoms with Gasteiger partial charge in [0, 0.05) is 6.42 Å². The third-order valence-electron chi connectivity index (χ3n) is 2.86. The summed E-state index contributed by atoms with van der Waals surface area (Å²) in [5.41, 5.74) is -0.941. The Labute approximate surface area is 96.4 Å². The first kappa shape index (κ1) is 14.5. The average Bonchev–Trinajstić information content (AvgIpc) is 2.26. The highest BCUT2D eigenvalue weighted by Crippen LogP contribution is 2.30. The second-order valence-electron chi connectivity index (χ2n) is 3.67. The van der Waals surface area contributed by atoms with E-state index in [9.17, 15) is 9.59 Å². The third-order valence-corrected chi connectivity index (χ3v) is 2.86. The van der Waals surface area contributed by atoms with Crippen LogP contribution in [0.15, 0.2) is 0 Å². The minimum Gasteiger partial charge on any atom is -0.481 e. The van der Waals surface area contributed by atoms with Crippen LogP contribution in [0.25, 0.3) is 0 Å². The minimum atomic E-state index is -0.941. The van der Waals surface area contributed by atoms with Crippen LogP contribution in [0.5, 0.6) is 0 Å². The molecule has 0 bridgehead atoms. The summed E-state index contributed by atoms with van der Waals surface area (Å²) >= 11 is 0. The van der Waals surface area contributed by atoms with E-state index < -0.39 is 11.4 Å². The molecule has 16 heavy (non-hydrogen) atoms. The van der Waals surface area contributed by atoms with Crippen molar-refractivity contribution in [3.05, 3.63) is 0 Å². The van der Waals surface area contributed by atoms with Gasteiger partial charge in [-0.05, 0) is 19.8 Å². The Bertz CT molecular complexity index is 308. The molecule has 0 aromatic heterocycles. The number of carbonyl (C=O) groups excluding carboxylic acids is 1. The third kappa shape index (κ3) is 3.93. The summed E-state index contributed by atoms with van der Waals surface area (Å²) in [6.07, 6.45) is 0.915. The van der Waals surface area contributed by atoms with Crippen molar-refractivity contribution >= 4 is 11.9 Å². The van der Waals surface area contributed by atoms with Gasteiger partial charge in [-0.15, -0.1) is 5.92 Å². The summed E-state index contributed by atoms with van der Waals surface area (Å²) in [6.45, 7) is 5.54. The van der Waals surface area contributed by atoms with Gasteiger partial charge in [0.2, 0.25) is 5.91 Å². The predicted octanol–water partition coefficient (Wildman–Crippen LogP) is 1.41. The molecule has 0 heterocycles. The van der Waals surface area contributed by atoms with E-state index in [1.54, 1.807) is 20.8 Å². The zero-order valence-corrected chi connectivity index (χ0v) is 10.1. The van der Waals surface area contributed by atoms with Crippen LogP contribution in [0.3, 0.4) is 0 Å². The molecule has 1 amide bonds. The summed E-state index contributed by atoms with van der Waals surface area (Å²) in [4.78, 5) is 22.7. The smallest absolute Gasteiger partial charge is 0.310 e. The molecule has 0 saturated heterocycles. The molecule has 2 N–H and O–H groups in total. The van der Waals surface area contributed by atoms with Crippen molar-refractivity contribution in [1.29, 1.82) is 0 Å². The molecule has 0 saturated carbocycles. The van der Waals surface area contributed by atoms with Crippen molar-refractivity contribution < 1.29 is 14.7 Å². The lowest BCUT2D eigenvalue weighted by Crippen LogP contribution is -2.37. The second-order valence-corrected chi connectivity index (χ2v) is 3.67. The Kier molecular flexibility index (Phi) is 6.24. The van der Waals surface area contributed by atoms with Crippen LogP contribution in [0.2, 0.25) is 0 Å². The van der Waals surface area contributed by atoms with Crippen molar-refractivity contribution in [3.63, 3.8) is 0 Å². The van der Waals surface area contributed by atoms with Gasteiger partial charge >= 0.3 is 5.97 Å². The number of nitrogens with one attached hydrogen (secondary N) is 1. The normalized spacial score (nSPS) is 10.2. The van der Waals surface area contributed by atoms with E-state index in [0.29, 0.717) is 12.8 Å². The lowest BCUT2D eigenvalue weighted by Gasteiger charge is -2.25. The highest BCUT2D eigenvalue weighted by atomic mass is 16.4. The molecule has 0 aromatic rings. The van der Waals surface area contributed by atoms with E-state index in [0.717, 1.165) is 0 Å². The molecule has 0 radical (unpaired) electrons. The van der Waals surface area contributed by atoms with Gasteiger partial charge in [-0.2, -0.15) is 0 Å². The molecule has 0 aliphatic heterocycles. The molecule has 0 unspecified atom stereocenters. The first-order valence-electron chi connectivity index (χ1n) is 5.42. The number of hydrogen-bond donors (Lipinski definition) is 2. The standard InChI is InChI=1S/C12H19NO3/c1-4-7-8-13-10(14)9-12(5-2,6-3)11(15)16/h5-6,8-9H2,1-3H3,(H,13,14)(H,15,16). The van der Waals surface area contributed by atoms with E-state index in [4.69, 9.17) is 5.11 Å². The SMILES string of the molecule is CC#CCNC(=O)CC(CC)(CC)C(=O)O. The van der Waals surface area contributed by atoms with Gasteiger partial charge in [0.1, 0.15) is 0 Å². The molecule has 0 atom stereocenters. The fraction of sp³-hybridized carbons (Fsp3) is 0.667. The highest BCUT2D eigenvalue weighted by molar-refractivity contribution is 5.85. The average molecular weight is 225 g/mol. The molecule has 0 rings (SSSR count). The van der Waals surface area contributed by atoms with Crippen molar-refractivity contribution in [2.24, 2.45) is 5.41 Å². The van der Waals surface area contributed by atoms with Crippen LogP contribution in [0, 0.1) is 17.3 Å². The van der Waals surface area contributed by atoms with Crippen LogP contribution in [0.4, 0.5) is 0 Å². The number of carboxylic acids is 1. The topological polar surface area (TPSA) is 66.4 Å². The van der Waals surface area contributed by atoms with Crippen molar-refractivity contribution in [2.75, 3.05) is 6.54 Å². The number of carbonyl (C=O) groups is 2. The summed E-state index contributed by atoms with van der Waals surface area (Å²) < 4.78 is 0. The lowest BCUT2D eigenvalue weighted by atomic mass is 9.79. The largest absolute Gasteiger partial charge is 0.481 e. The predicted molar refractivity (Wildman–Crippen MR) is 61.7 cm³/mol. The number of hydrogen-bond acceptors (Lipinski definition) is 2. The molecule has 4 nitrogen and oxygen atoms in total. The fourth-order valence-corrected chi connectivity index (χ4v) is 1.48. The molecule has 0 spiro atoms. The van der Waals surface area contributed by atoms with Gasteiger partial charge in [0.15, 0.2) is 0 Å². The van der Waals surface area contributed by atoms with E-state index in [1.165, 1.54) is 0 Å². The number of amides is 1. The second kappa shape index (κ2) is 6.89. The van der Waals surface area contributed by atoms with Crippen LogP contribution < -0.4 is 5.32 Å². The number of aliphatic carboxylic acids is 1. The molecule has 90 valence electrons. The first-order valence-corrected chi connectivity index (χ1v) is 5.42. The van der Waals surface area contributed by atoms with E-state index in [1.807, 2.05) is 0 Å². The molecule has 0 aliphatic rings. The van der Waals surface area contributed by atoms with E-state index in [2.05, 4.69) is 17.2 Å². The molecular weight excluding hydrogens is 206 g/mol. The molecular formula is C12H19NO3. The maximum absolute atomic E-state index is 11.5. The lowest BCUT2D eigenvalue weighted by molar-refractivity contribution is -0.152. The highest BCUT2D eigenvalue weighted by Gasteiger charge is 2.36. The Balaban J connectivity index is 4.44. The van der Waals surface area contributed by atoms with Gasteiger partial charge in [-0.3, -0.25) is 9.59 Å². The monoisotopic (exact) mass is 225 g/mol. The fourth-order valence-electron chi connectivity index (χ4n) is 1.48. The van der Waals surface area contributed by atoms with Crippen LogP contribution >= 0.6 is 0 Å². The van der Waals surface area contributed by atoms with Gasteiger partial charge in [0.05, 0.1) is 12.0 Å². The van der Waals surface area contributed by atoms with Crippen molar-refractivity contribution in [2.45, 2.75) is 40.0 Å². The first-order chi connectivity index (χ1) is 7.52. The maximum Gasteiger partial charge on any atom is 0.310 e. The van der Waals surface area contributed by atoms with E-state index >= 15 is 0 Å². The zero-order chi connectivity index (χ0) is 12.6. The molecule has 0 aliphatic carbocycles. The van der Waals surface area contributed by atoms with Gasteiger partial charge in [-0.25, -0.2) is 0 Å². The van der Waals surface area contributed by atoms with Gasteiger partial charge in [-0.1, -0.05) is 19.8 Å². The quantitative estimate of drug-likeness (QED) is 0.672. The summed E-state index contributed by atoms with van der Waals surface area (Å²) in [6, 6.07) is 0. The van der Waals surface area contributed by atoms with Crippen LogP contribution in [-0.4, -0.2) is 23.5 Å². The Morgan fingerprint density at radius 1 is 1.31 bits per heavy atom. The maximum atomic E-state index is 11.5. The Morgan fingerprint density at radius 3 is 2.25 bits per heavy atom. The summed E-state index contributed by atoms with van der Waals surface area (Å²) in [7, 11) is 0. The zero-order valence-electron chi connectivity index (χ0n) is 10.1. The Morgan fingerprint density at radius 2 is 1.88 bits per heavy atom. The van der Waals surface area contributed by atoms with Crippen molar-refractivity contribution in [3.8, 4) is 11.8 Å². The van der Waals surface area contributed by atoms with Crippen LogP contribution in [0.1, 0.15) is 40.0 Å². The number of carboxylic acid groups (broad SMARTS) is 1. The van der Waals surface area contributed by atoms with Crippen LogP contribution in [-0.2, 0) is 9.59 Å². The molecule has 0 aromatic carbocycles. The Hall–Kier alpha value is -1.50. The summed E-state index contributed by atoms with van der Waals surface area (Å²) in [5, 5.41) is 11.7. The number of rotatable bonds is 6. The molecule has 0 fully saturated rings. The van der Waals surface area contributed by atoms with Gasteiger partial charge in [0.25, 0.3) is 0 Å². The van der Waals surface area contributed by atoms with Crippen molar-refractivity contribution in [1.82, 2.24) is 5.32 Å². The van der Waals surface area contributed by atoms with E-state index in [-0.39, 0.29) is 18.9 Å². The summed E-state index contributed by atoms with van der Waals surface area (Å²) in [5.74, 6) is 4.19. The minimum absolute atomic E-state index is 0.0146.